The van der Waals surface area contributed by atoms with Gasteiger partial charge in [0.1, 0.15) is 0 Å². The monoisotopic (exact) mass is 364 g/mol. The molecule has 3 heteroatoms. The van der Waals surface area contributed by atoms with Crippen LogP contribution in [-0.2, 0) is 17.3 Å². The van der Waals surface area contributed by atoms with Gasteiger partial charge in [0.15, 0.2) is 0 Å². The van der Waals surface area contributed by atoms with Crippen molar-refractivity contribution >= 4 is 19.0 Å². The average molecular weight is 365 g/mol. The second-order valence-corrected chi connectivity index (χ2v) is 2.61. The second-order valence-electron chi connectivity index (χ2n) is 2.61. The van der Waals surface area contributed by atoms with Crippen molar-refractivity contribution in [2.75, 3.05) is 26.2 Å². The van der Waals surface area contributed by atoms with E-state index in [9.17, 15) is 0 Å². The van der Waals surface area contributed by atoms with Crippen LogP contribution >= 0.6 is 19.0 Å². The fraction of sp³-hybridized carbons (Fsp3) is 1.00. The van der Waals surface area contributed by atoms with Crippen LogP contribution in [-0.4, -0.2) is 30.7 Å². The van der Waals surface area contributed by atoms with Crippen LogP contribution in [0.4, 0.5) is 0 Å². The summed E-state index contributed by atoms with van der Waals surface area (Å²) in [4.78, 5) is 0. The molecule has 0 aliphatic rings. The number of hydrogen-bond acceptors (Lipinski definition) is 0. The number of hydrogen-bond donors (Lipinski definition) is 0. The molecule has 0 aromatic carbocycles. The maximum atomic E-state index is 2.92. The van der Waals surface area contributed by atoms with Crippen molar-refractivity contribution in [1.82, 2.24) is 0 Å². The summed E-state index contributed by atoms with van der Waals surface area (Å²) in [5.74, 6) is 0. The van der Waals surface area contributed by atoms with E-state index in [-0.39, 0.29) is 0 Å². The second kappa shape index (κ2) is 9.52. The third-order valence-electron chi connectivity index (χ3n) is 2.68. The van der Waals surface area contributed by atoms with E-state index in [1.54, 1.807) is 0 Å². The molecule has 0 aliphatic heterocycles. The number of nitrogens with zero attached hydrogens (tertiary/aromatic N) is 1. The Morgan fingerprint density at radius 2 is 1.00 bits per heavy atom. The topological polar surface area (TPSA) is 0 Å². The Morgan fingerprint density at radius 1 is 0.818 bits per heavy atom. The average Bonchev–Trinajstić information content (AvgIpc) is 2.13. The Hall–Kier alpha value is 1.43. The van der Waals surface area contributed by atoms with Crippen LogP contribution in [0.25, 0.3) is 0 Å². The van der Waals surface area contributed by atoms with Gasteiger partial charge in [0.2, 0.25) is 0 Å². The molecule has 0 fully saturated rings. The molecule has 0 amide bonds. The molecule has 1 nitrogen and oxygen atoms in total. The molecule has 0 saturated heterocycles. The first-order chi connectivity index (χ1) is 5.24. The summed E-state index contributed by atoms with van der Waals surface area (Å²) < 4.78 is 1.28. The fourth-order valence-electron chi connectivity index (χ4n) is 1.34. The Labute approximate surface area is 94.0 Å². The minimum absolute atomic E-state index is 1.28. The van der Waals surface area contributed by atoms with Crippen LogP contribution in [0.15, 0.2) is 0 Å². The molecular formula is C8H20AgIN+. The van der Waals surface area contributed by atoms with E-state index in [0.717, 1.165) is 0 Å². The summed E-state index contributed by atoms with van der Waals surface area (Å²) >= 11 is 4.88. The molecule has 0 aromatic heterocycles. The Kier molecular flexibility index (Phi) is 12.9. The fourth-order valence-corrected chi connectivity index (χ4v) is 1.34. The summed E-state index contributed by atoms with van der Waals surface area (Å²) in [6.07, 6.45) is 0. The molecule has 0 heterocycles. The molecule has 74 valence electrons. The molecule has 0 saturated carbocycles. The summed E-state index contributed by atoms with van der Waals surface area (Å²) in [6, 6.07) is 0. The first kappa shape index (κ1) is 14.9. The molecular weight excluding hydrogens is 345 g/mol. The van der Waals surface area contributed by atoms with Gasteiger partial charge in [-0.1, -0.05) is 0 Å². The molecule has 0 bridgehead atoms. The standard InChI is InChI=1S/C8H20N.Ag.HI/c1-5-9(6-2,7-3)8-4;;/h5-8H2,1-4H3;;1H/q2*+1;/p-1. The zero-order valence-corrected chi connectivity index (χ0v) is 11.6. The number of rotatable bonds is 4. The third kappa shape index (κ3) is 5.64. The van der Waals surface area contributed by atoms with Crippen LogP contribution in [0.5, 0.6) is 0 Å². The van der Waals surface area contributed by atoms with Crippen molar-refractivity contribution in [3.63, 3.8) is 0 Å². The minimum atomic E-state index is 1.28. The van der Waals surface area contributed by atoms with Crippen molar-refractivity contribution < 1.29 is 21.7 Å². The molecule has 0 radical (unpaired) electrons. The van der Waals surface area contributed by atoms with Crippen LogP contribution in [0.2, 0.25) is 0 Å². The normalized spacial score (nSPS) is 10.5. The first-order valence-electron chi connectivity index (χ1n) is 4.21. The van der Waals surface area contributed by atoms with E-state index in [2.05, 4.69) is 44.9 Å². The first-order valence-corrected chi connectivity index (χ1v) is 8.62. The summed E-state index contributed by atoms with van der Waals surface area (Å²) in [5.41, 5.74) is 0. The van der Waals surface area contributed by atoms with E-state index < -0.39 is 0 Å². The molecule has 0 aromatic rings. The third-order valence-corrected chi connectivity index (χ3v) is 2.68. The van der Waals surface area contributed by atoms with Crippen molar-refractivity contribution in [3.8, 4) is 0 Å². The van der Waals surface area contributed by atoms with Crippen molar-refractivity contribution in [3.05, 3.63) is 0 Å². The van der Waals surface area contributed by atoms with Gasteiger partial charge in [-0.2, -0.15) is 0 Å². The van der Waals surface area contributed by atoms with Crippen molar-refractivity contribution in [2.24, 2.45) is 0 Å². The number of halogens is 1. The van der Waals surface area contributed by atoms with Crippen LogP contribution < -0.4 is 0 Å². The van der Waals surface area contributed by atoms with E-state index in [1.807, 2.05) is 19.0 Å². The van der Waals surface area contributed by atoms with Crippen molar-refractivity contribution in [2.45, 2.75) is 27.7 Å². The molecule has 11 heavy (non-hydrogen) atoms. The predicted molar refractivity (Wildman–Crippen MR) is 56.4 cm³/mol. The number of quaternary nitrogens is 1. The summed E-state index contributed by atoms with van der Waals surface area (Å²) in [6.45, 7) is 14.2. The summed E-state index contributed by atoms with van der Waals surface area (Å²) in [7, 11) is 0. The van der Waals surface area contributed by atoms with E-state index in [4.69, 9.17) is 0 Å². The Morgan fingerprint density at radius 3 is 1.00 bits per heavy atom. The van der Waals surface area contributed by atoms with Gasteiger partial charge in [-0.25, -0.2) is 0 Å². The molecule has 0 unspecified atom stereocenters. The maximum absolute atomic E-state index is 2.92. The zero-order valence-electron chi connectivity index (χ0n) is 7.96. The molecule has 0 atom stereocenters. The zero-order chi connectivity index (χ0) is 9.33. The van der Waals surface area contributed by atoms with E-state index in [0.29, 0.717) is 0 Å². The van der Waals surface area contributed by atoms with Gasteiger partial charge in [0.05, 0.1) is 26.2 Å². The van der Waals surface area contributed by atoms with Gasteiger partial charge >= 0.3 is 36.3 Å². The molecule has 0 aliphatic carbocycles. The van der Waals surface area contributed by atoms with Crippen LogP contribution in [0, 0.1) is 0 Å². The molecule has 0 N–H and O–H groups in total. The van der Waals surface area contributed by atoms with Gasteiger partial charge in [-0.15, -0.1) is 0 Å². The van der Waals surface area contributed by atoms with Gasteiger partial charge in [-0.3, -0.25) is 0 Å². The quantitative estimate of drug-likeness (QED) is 0.409. The van der Waals surface area contributed by atoms with Crippen LogP contribution in [0.1, 0.15) is 27.7 Å². The van der Waals surface area contributed by atoms with Crippen molar-refractivity contribution in [1.29, 1.82) is 0 Å². The molecule has 0 rings (SSSR count). The summed E-state index contributed by atoms with van der Waals surface area (Å²) in [5, 5.41) is 0. The van der Waals surface area contributed by atoms with Gasteiger partial charge < -0.3 is 4.48 Å². The van der Waals surface area contributed by atoms with Gasteiger partial charge in [0, 0.05) is 0 Å². The SMILES string of the molecule is CC[N+](CC)(CC)CC.[Ag][I]. The molecule has 0 spiro atoms. The Balaban J connectivity index is 0. The predicted octanol–water partition coefficient (Wildman–Crippen LogP) is 2.77. The Bertz CT molecular complexity index is 57.0. The van der Waals surface area contributed by atoms with E-state index >= 15 is 0 Å². The van der Waals surface area contributed by atoms with E-state index in [1.165, 1.54) is 30.7 Å². The van der Waals surface area contributed by atoms with Crippen LogP contribution in [0.3, 0.4) is 0 Å². The van der Waals surface area contributed by atoms with Gasteiger partial charge in [-0.05, 0) is 27.7 Å². The van der Waals surface area contributed by atoms with Gasteiger partial charge in [0.25, 0.3) is 0 Å².